The number of hydrogen-bond donors (Lipinski definition) is 1. The molecule has 1 N–H and O–H groups in total. The minimum Gasteiger partial charge on any atom is -0.489 e. The SMILES string of the molecule is CCc1nnsc1C(=O)OCC(=O)Nc1ccc(OCc2ccccc2)cc1. The van der Waals surface area contributed by atoms with Crippen LogP contribution in [-0.2, 0) is 22.6 Å². The van der Waals surface area contributed by atoms with E-state index in [1.165, 1.54) is 0 Å². The van der Waals surface area contributed by atoms with E-state index in [9.17, 15) is 9.59 Å². The second-order valence-electron chi connectivity index (χ2n) is 5.83. The molecule has 0 saturated heterocycles. The van der Waals surface area contributed by atoms with Crippen LogP contribution in [0.5, 0.6) is 5.75 Å². The molecule has 0 atom stereocenters. The van der Waals surface area contributed by atoms with E-state index in [1.807, 2.05) is 37.3 Å². The minimum atomic E-state index is -0.591. The molecular weight excluding hydrogens is 378 g/mol. The molecule has 0 aliphatic rings. The van der Waals surface area contributed by atoms with Crippen molar-refractivity contribution in [3.05, 3.63) is 70.7 Å². The van der Waals surface area contributed by atoms with Crippen LogP contribution in [0.15, 0.2) is 54.6 Å². The zero-order valence-electron chi connectivity index (χ0n) is 15.3. The van der Waals surface area contributed by atoms with Crippen LogP contribution in [0.3, 0.4) is 0 Å². The average molecular weight is 397 g/mol. The highest BCUT2D eigenvalue weighted by molar-refractivity contribution is 7.07. The molecule has 8 heteroatoms. The summed E-state index contributed by atoms with van der Waals surface area (Å²) in [4.78, 5) is 24.3. The lowest BCUT2D eigenvalue weighted by atomic mass is 10.2. The minimum absolute atomic E-state index is 0.329. The van der Waals surface area contributed by atoms with Crippen molar-refractivity contribution >= 4 is 29.1 Å². The Hall–Kier alpha value is -3.26. The number of rotatable bonds is 8. The van der Waals surface area contributed by atoms with Gasteiger partial charge < -0.3 is 14.8 Å². The molecule has 1 aromatic heterocycles. The Bertz CT molecular complexity index is 926. The highest BCUT2D eigenvalue weighted by Gasteiger charge is 2.17. The fourth-order valence-corrected chi connectivity index (χ4v) is 3.01. The number of carbonyl (C=O) groups excluding carboxylic acids is 2. The lowest BCUT2D eigenvalue weighted by Crippen LogP contribution is -2.21. The largest absolute Gasteiger partial charge is 0.489 e. The van der Waals surface area contributed by atoms with Gasteiger partial charge in [-0.15, -0.1) is 5.10 Å². The Balaban J connectivity index is 1.45. The second-order valence-corrected chi connectivity index (χ2v) is 6.58. The number of nitrogens with one attached hydrogen (secondary N) is 1. The third-order valence-corrected chi connectivity index (χ3v) is 4.54. The first-order valence-electron chi connectivity index (χ1n) is 8.70. The van der Waals surface area contributed by atoms with Gasteiger partial charge in [-0.25, -0.2) is 4.79 Å². The van der Waals surface area contributed by atoms with Gasteiger partial charge in [0.1, 0.15) is 12.4 Å². The number of esters is 1. The van der Waals surface area contributed by atoms with Gasteiger partial charge in [-0.3, -0.25) is 4.79 Å². The molecule has 0 spiro atoms. The van der Waals surface area contributed by atoms with Crippen LogP contribution < -0.4 is 10.1 Å². The summed E-state index contributed by atoms with van der Waals surface area (Å²) in [6, 6.07) is 16.8. The standard InChI is InChI=1S/C20H19N3O4S/c1-2-17-19(28-23-22-17)20(25)27-13-18(24)21-15-8-10-16(11-9-15)26-12-14-6-4-3-5-7-14/h3-11H,2,12-13H2,1H3,(H,21,24). The molecule has 3 rings (SSSR count). The first-order valence-corrected chi connectivity index (χ1v) is 9.48. The number of aryl methyl sites for hydroxylation is 1. The van der Waals surface area contributed by atoms with Gasteiger partial charge in [0.2, 0.25) is 0 Å². The van der Waals surface area contributed by atoms with Gasteiger partial charge in [-0.2, -0.15) is 0 Å². The number of anilines is 1. The van der Waals surface area contributed by atoms with Gasteiger partial charge >= 0.3 is 5.97 Å². The summed E-state index contributed by atoms with van der Waals surface area (Å²) in [5, 5.41) is 6.52. The normalized spacial score (nSPS) is 10.3. The van der Waals surface area contributed by atoms with Crippen molar-refractivity contribution in [2.24, 2.45) is 0 Å². The molecule has 1 amide bonds. The van der Waals surface area contributed by atoms with E-state index < -0.39 is 11.9 Å². The van der Waals surface area contributed by atoms with Crippen molar-refractivity contribution in [3.8, 4) is 5.75 Å². The number of carbonyl (C=O) groups is 2. The van der Waals surface area contributed by atoms with Crippen LogP contribution in [0, 0.1) is 0 Å². The smallest absolute Gasteiger partial charge is 0.352 e. The predicted octanol–water partition coefficient (Wildman–Crippen LogP) is 3.48. The Morgan fingerprint density at radius 3 is 2.54 bits per heavy atom. The van der Waals surface area contributed by atoms with Gasteiger partial charge in [-0.05, 0) is 47.8 Å². The van der Waals surface area contributed by atoms with Gasteiger partial charge in [-0.1, -0.05) is 41.7 Å². The summed E-state index contributed by atoms with van der Waals surface area (Å²) in [6.45, 7) is 1.95. The van der Waals surface area contributed by atoms with E-state index in [4.69, 9.17) is 9.47 Å². The van der Waals surface area contributed by atoms with Crippen LogP contribution in [0.25, 0.3) is 0 Å². The first-order chi connectivity index (χ1) is 13.7. The van der Waals surface area contributed by atoms with Crippen LogP contribution in [0.4, 0.5) is 5.69 Å². The van der Waals surface area contributed by atoms with Gasteiger partial charge in [0.05, 0.1) is 5.69 Å². The molecule has 7 nitrogen and oxygen atoms in total. The van der Waals surface area contributed by atoms with E-state index in [2.05, 4.69) is 14.9 Å². The molecule has 0 fully saturated rings. The molecule has 0 unspecified atom stereocenters. The highest BCUT2D eigenvalue weighted by Crippen LogP contribution is 2.17. The molecule has 3 aromatic rings. The number of nitrogens with zero attached hydrogens (tertiary/aromatic N) is 2. The van der Waals surface area contributed by atoms with Crippen LogP contribution in [0.1, 0.15) is 27.9 Å². The maximum Gasteiger partial charge on any atom is 0.352 e. The summed E-state index contributed by atoms with van der Waals surface area (Å²) in [7, 11) is 0. The molecular formula is C20H19N3O4S. The maximum absolute atomic E-state index is 12.0. The first kappa shape index (κ1) is 19.5. The zero-order chi connectivity index (χ0) is 19.8. The summed E-state index contributed by atoms with van der Waals surface area (Å²) in [5.74, 6) is -0.327. The number of aromatic nitrogens is 2. The molecule has 1 heterocycles. The maximum atomic E-state index is 12.0. The van der Waals surface area contributed by atoms with Crippen LogP contribution in [0.2, 0.25) is 0 Å². The summed E-state index contributed by atoms with van der Waals surface area (Å²) < 4.78 is 14.5. The number of hydrogen-bond acceptors (Lipinski definition) is 7. The molecule has 0 aliphatic heterocycles. The molecule has 0 bridgehead atoms. The Morgan fingerprint density at radius 1 is 1.07 bits per heavy atom. The highest BCUT2D eigenvalue weighted by atomic mass is 32.1. The Morgan fingerprint density at radius 2 is 1.82 bits per heavy atom. The predicted molar refractivity (Wildman–Crippen MR) is 105 cm³/mol. The zero-order valence-corrected chi connectivity index (χ0v) is 16.1. The van der Waals surface area contributed by atoms with Crippen molar-refractivity contribution in [1.29, 1.82) is 0 Å². The van der Waals surface area contributed by atoms with Crippen molar-refractivity contribution in [2.75, 3.05) is 11.9 Å². The van der Waals surface area contributed by atoms with E-state index >= 15 is 0 Å². The Kier molecular flexibility index (Phi) is 6.69. The van der Waals surface area contributed by atoms with Gasteiger partial charge in [0.15, 0.2) is 11.5 Å². The summed E-state index contributed by atoms with van der Waals surface area (Å²) in [6.07, 6.45) is 0.575. The monoisotopic (exact) mass is 397 g/mol. The lowest BCUT2D eigenvalue weighted by molar-refractivity contribution is -0.119. The second kappa shape index (κ2) is 9.61. The van der Waals surface area contributed by atoms with Gasteiger partial charge in [0.25, 0.3) is 5.91 Å². The van der Waals surface area contributed by atoms with Crippen molar-refractivity contribution in [3.63, 3.8) is 0 Å². The van der Waals surface area contributed by atoms with E-state index in [-0.39, 0.29) is 6.61 Å². The molecule has 28 heavy (non-hydrogen) atoms. The summed E-state index contributed by atoms with van der Waals surface area (Å²) >= 11 is 0.961. The van der Waals surface area contributed by atoms with Crippen molar-refractivity contribution in [2.45, 2.75) is 20.0 Å². The molecule has 0 radical (unpaired) electrons. The third kappa shape index (κ3) is 5.37. The molecule has 144 valence electrons. The molecule has 0 saturated carbocycles. The Labute approximate surface area is 166 Å². The van der Waals surface area contributed by atoms with Crippen molar-refractivity contribution in [1.82, 2.24) is 9.59 Å². The van der Waals surface area contributed by atoms with E-state index in [0.717, 1.165) is 17.1 Å². The van der Waals surface area contributed by atoms with Crippen LogP contribution in [-0.4, -0.2) is 28.1 Å². The number of amides is 1. The molecule has 0 aliphatic carbocycles. The topological polar surface area (TPSA) is 90.4 Å². The number of ether oxygens (including phenoxy) is 2. The van der Waals surface area contributed by atoms with Gasteiger partial charge in [0, 0.05) is 5.69 Å². The van der Waals surface area contributed by atoms with E-state index in [0.29, 0.717) is 35.0 Å². The lowest BCUT2D eigenvalue weighted by Gasteiger charge is -2.09. The van der Waals surface area contributed by atoms with Crippen molar-refractivity contribution < 1.29 is 19.1 Å². The quantitative estimate of drug-likeness (QED) is 0.585. The van der Waals surface area contributed by atoms with Crippen LogP contribution >= 0.6 is 11.5 Å². The average Bonchev–Trinajstić information content (AvgIpc) is 3.21. The fourth-order valence-electron chi connectivity index (χ4n) is 2.36. The summed E-state index contributed by atoms with van der Waals surface area (Å²) in [5.41, 5.74) is 2.23. The number of benzene rings is 2. The fraction of sp³-hybridized carbons (Fsp3) is 0.200. The third-order valence-electron chi connectivity index (χ3n) is 3.80. The molecule has 2 aromatic carbocycles. The van der Waals surface area contributed by atoms with E-state index in [1.54, 1.807) is 24.3 Å².